The minimum absolute atomic E-state index is 0.0594. The standard InChI is InChI=1S/C19H27F3N4O3/c1-4-12(2)14(27)10-26-15(19(20,21)22)5-6-25-17(28)9-16(23-18(25)26)24-7-8-29-11-13(24)3/h9,12-13,15H,4-8,10-11H2,1-3H3/t12?,13-,15?/m1/s1. The van der Waals surface area contributed by atoms with Crippen LogP contribution in [-0.4, -0.2) is 59.9 Å². The normalized spacial score (nSPS) is 23.7. The van der Waals surface area contributed by atoms with Crippen LogP contribution < -0.4 is 15.4 Å². The molecule has 7 nitrogen and oxygen atoms in total. The largest absolute Gasteiger partial charge is 0.408 e. The Labute approximate surface area is 167 Å². The molecule has 0 radical (unpaired) electrons. The molecule has 3 atom stereocenters. The molecule has 2 aliphatic rings. The molecule has 3 heterocycles. The Hall–Kier alpha value is -2.10. The fourth-order valence-corrected chi connectivity index (χ4v) is 3.75. The Morgan fingerprint density at radius 3 is 2.72 bits per heavy atom. The number of hydrogen-bond donors (Lipinski definition) is 0. The van der Waals surface area contributed by atoms with Gasteiger partial charge in [0, 0.05) is 25.1 Å². The first-order valence-electron chi connectivity index (χ1n) is 9.95. The molecule has 0 N–H and O–H groups in total. The third-order valence-corrected chi connectivity index (χ3v) is 5.76. The molecular formula is C19H27F3N4O3. The topological polar surface area (TPSA) is 67.7 Å². The number of Topliss-reactive ketones (excluding diaryl/α,β-unsaturated/α-hetero) is 1. The lowest BCUT2D eigenvalue weighted by atomic mass is 10.0. The molecule has 0 saturated carbocycles. The molecule has 0 aliphatic carbocycles. The van der Waals surface area contributed by atoms with Gasteiger partial charge >= 0.3 is 6.18 Å². The molecule has 1 aromatic heterocycles. The summed E-state index contributed by atoms with van der Waals surface area (Å²) in [6, 6.07) is -0.552. The zero-order chi connectivity index (χ0) is 21.3. The molecule has 1 saturated heterocycles. The maximum atomic E-state index is 13.7. The SMILES string of the molecule is CCC(C)C(=O)CN1c2nc(N3CCOC[C@H]3C)cc(=O)n2CCC1C(F)(F)F. The van der Waals surface area contributed by atoms with Crippen LogP contribution in [0.5, 0.6) is 0 Å². The van der Waals surface area contributed by atoms with E-state index in [0.29, 0.717) is 32.0 Å². The second-order valence-corrected chi connectivity index (χ2v) is 7.77. The van der Waals surface area contributed by atoms with E-state index < -0.39 is 24.3 Å². The van der Waals surface area contributed by atoms with Crippen molar-refractivity contribution in [3.63, 3.8) is 0 Å². The Morgan fingerprint density at radius 1 is 1.38 bits per heavy atom. The van der Waals surface area contributed by atoms with Crippen LogP contribution in [-0.2, 0) is 16.1 Å². The molecule has 3 rings (SSSR count). The van der Waals surface area contributed by atoms with Gasteiger partial charge in [0.25, 0.3) is 5.56 Å². The van der Waals surface area contributed by atoms with Gasteiger partial charge < -0.3 is 14.5 Å². The average Bonchev–Trinajstić information content (AvgIpc) is 2.67. The lowest BCUT2D eigenvalue weighted by Crippen LogP contribution is -2.54. The van der Waals surface area contributed by atoms with Crippen LogP contribution in [0.3, 0.4) is 0 Å². The molecular weight excluding hydrogens is 389 g/mol. The zero-order valence-corrected chi connectivity index (χ0v) is 16.9. The summed E-state index contributed by atoms with van der Waals surface area (Å²) >= 11 is 0. The number of nitrogens with zero attached hydrogens (tertiary/aromatic N) is 4. The summed E-state index contributed by atoms with van der Waals surface area (Å²) in [5.41, 5.74) is -0.412. The summed E-state index contributed by atoms with van der Waals surface area (Å²) < 4.78 is 47.9. The van der Waals surface area contributed by atoms with Crippen molar-refractivity contribution in [2.75, 3.05) is 36.1 Å². The molecule has 162 valence electrons. The number of hydrogen-bond acceptors (Lipinski definition) is 6. The summed E-state index contributed by atoms with van der Waals surface area (Å²) in [6.07, 6.45) is -4.28. The van der Waals surface area contributed by atoms with Crippen molar-refractivity contribution in [1.82, 2.24) is 9.55 Å². The molecule has 0 aromatic carbocycles. The Kier molecular flexibility index (Phi) is 6.21. The van der Waals surface area contributed by atoms with E-state index in [4.69, 9.17) is 4.74 Å². The quantitative estimate of drug-likeness (QED) is 0.733. The van der Waals surface area contributed by atoms with E-state index in [9.17, 15) is 22.8 Å². The molecule has 2 aliphatic heterocycles. The van der Waals surface area contributed by atoms with E-state index in [1.54, 1.807) is 6.92 Å². The Morgan fingerprint density at radius 2 is 2.10 bits per heavy atom. The second kappa shape index (κ2) is 8.33. The van der Waals surface area contributed by atoms with Gasteiger partial charge in [0.2, 0.25) is 5.95 Å². The van der Waals surface area contributed by atoms with E-state index in [1.807, 2.05) is 18.7 Å². The number of ether oxygens (including phenoxy) is 1. The van der Waals surface area contributed by atoms with Crippen molar-refractivity contribution in [2.24, 2.45) is 5.92 Å². The van der Waals surface area contributed by atoms with E-state index in [0.717, 1.165) is 4.90 Å². The highest BCUT2D eigenvalue weighted by Gasteiger charge is 2.47. The smallest absolute Gasteiger partial charge is 0.377 e. The Balaban J connectivity index is 2.05. The van der Waals surface area contributed by atoms with E-state index in [1.165, 1.54) is 10.6 Å². The number of alkyl halides is 3. The second-order valence-electron chi connectivity index (χ2n) is 7.77. The number of rotatable bonds is 5. The third kappa shape index (κ3) is 4.41. The van der Waals surface area contributed by atoms with Gasteiger partial charge in [0.05, 0.1) is 25.8 Å². The van der Waals surface area contributed by atoms with Gasteiger partial charge in [0.15, 0.2) is 5.78 Å². The van der Waals surface area contributed by atoms with Crippen LogP contribution in [0.2, 0.25) is 0 Å². The van der Waals surface area contributed by atoms with E-state index >= 15 is 0 Å². The number of halogens is 3. The molecule has 10 heteroatoms. The van der Waals surface area contributed by atoms with Crippen molar-refractivity contribution >= 4 is 17.5 Å². The summed E-state index contributed by atoms with van der Waals surface area (Å²) in [6.45, 7) is 6.29. The number of ketones is 1. The zero-order valence-electron chi connectivity index (χ0n) is 16.9. The number of morpholine rings is 1. The summed E-state index contributed by atoms with van der Waals surface area (Å²) in [7, 11) is 0. The van der Waals surface area contributed by atoms with Crippen LogP contribution in [0.25, 0.3) is 0 Å². The molecule has 0 amide bonds. The Bertz CT molecular complexity index is 811. The van der Waals surface area contributed by atoms with Gasteiger partial charge in [0.1, 0.15) is 11.9 Å². The molecule has 0 spiro atoms. The molecule has 1 aromatic rings. The summed E-state index contributed by atoms with van der Waals surface area (Å²) in [5, 5.41) is 0. The van der Waals surface area contributed by atoms with Crippen molar-refractivity contribution in [3.05, 3.63) is 16.4 Å². The first-order chi connectivity index (χ1) is 13.6. The van der Waals surface area contributed by atoms with Crippen molar-refractivity contribution < 1.29 is 22.7 Å². The predicted octanol–water partition coefficient (Wildman–Crippen LogP) is 2.22. The van der Waals surface area contributed by atoms with Crippen molar-refractivity contribution in [1.29, 1.82) is 0 Å². The average molecular weight is 416 g/mol. The van der Waals surface area contributed by atoms with Gasteiger partial charge in [-0.1, -0.05) is 13.8 Å². The maximum Gasteiger partial charge on any atom is 0.408 e. The highest BCUT2D eigenvalue weighted by Crippen LogP contribution is 2.34. The van der Waals surface area contributed by atoms with Gasteiger partial charge in [-0.2, -0.15) is 18.2 Å². The van der Waals surface area contributed by atoms with E-state index in [-0.39, 0.29) is 36.7 Å². The van der Waals surface area contributed by atoms with Gasteiger partial charge in [-0.25, -0.2) is 0 Å². The van der Waals surface area contributed by atoms with Gasteiger partial charge in [-0.15, -0.1) is 0 Å². The molecule has 0 bridgehead atoms. The number of fused-ring (bicyclic) bond motifs is 1. The van der Waals surface area contributed by atoms with Gasteiger partial charge in [-0.05, 0) is 19.8 Å². The molecule has 2 unspecified atom stereocenters. The minimum Gasteiger partial charge on any atom is -0.377 e. The highest BCUT2D eigenvalue weighted by atomic mass is 19.4. The summed E-state index contributed by atoms with van der Waals surface area (Å²) in [4.78, 5) is 32.4. The maximum absolute atomic E-state index is 13.7. The van der Waals surface area contributed by atoms with Crippen LogP contribution >= 0.6 is 0 Å². The lowest BCUT2D eigenvalue weighted by molar-refractivity contribution is -0.153. The van der Waals surface area contributed by atoms with Crippen LogP contribution in [0.15, 0.2) is 10.9 Å². The summed E-state index contributed by atoms with van der Waals surface area (Å²) in [5.74, 6) is -0.430. The van der Waals surface area contributed by atoms with E-state index in [2.05, 4.69) is 4.98 Å². The van der Waals surface area contributed by atoms with Crippen molar-refractivity contribution in [3.8, 4) is 0 Å². The van der Waals surface area contributed by atoms with Crippen LogP contribution in [0.4, 0.5) is 24.9 Å². The number of carbonyl (C=O) groups is 1. The fraction of sp³-hybridized carbons (Fsp3) is 0.737. The lowest BCUT2D eigenvalue weighted by Gasteiger charge is -2.40. The predicted molar refractivity (Wildman–Crippen MR) is 102 cm³/mol. The van der Waals surface area contributed by atoms with Crippen molar-refractivity contribution in [2.45, 2.75) is 58.4 Å². The number of aromatic nitrogens is 2. The van der Waals surface area contributed by atoms with Crippen LogP contribution in [0.1, 0.15) is 33.6 Å². The van der Waals surface area contributed by atoms with Crippen LogP contribution in [0, 0.1) is 5.92 Å². The minimum atomic E-state index is -4.53. The molecule has 1 fully saturated rings. The molecule has 29 heavy (non-hydrogen) atoms. The monoisotopic (exact) mass is 416 g/mol. The first kappa shape index (κ1) is 21.6. The van der Waals surface area contributed by atoms with Gasteiger partial charge in [-0.3, -0.25) is 14.2 Å². The fourth-order valence-electron chi connectivity index (χ4n) is 3.75. The highest BCUT2D eigenvalue weighted by molar-refractivity contribution is 5.85. The first-order valence-corrected chi connectivity index (χ1v) is 9.95. The number of anilines is 2. The number of carbonyl (C=O) groups excluding carboxylic acids is 1. The third-order valence-electron chi connectivity index (χ3n) is 5.76.